The number of rotatable bonds is 7. The summed E-state index contributed by atoms with van der Waals surface area (Å²) in [6.45, 7) is 2.36. The van der Waals surface area contributed by atoms with E-state index in [4.69, 9.17) is 39.5 Å². The fourth-order valence-electron chi connectivity index (χ4n) is 2.74. The van der Waals surface area contributed by atoms with Crippen molar-refractivity contribution in [3.05, 3.63) is 68.8 Å². The number of benzene rings is 2. The number of hydrogen-bond donors (Lipinski definition) is 1. The predicted molar refractivity (Wildman–Crippen MR) is 117 cm³/mol. The molecule has 3 rings (SSSR count). The zero-order valence-electron chi connectivity index (χ0n) is 15.9. The molecule has 9 heteroatoms. The van der Waals surface area contributed by atoms with Gasteiger partial charge in [-0.15, -0.1) is 0 Å². The number of ether oxygens (including phenoxy) is 1. The van der Waals surface area contributed by atoms with Crippen LogP contribution in [0.4, 0.5) is 11.4 Å². The fourth-order valence-corrected chi connectivity index (χ4v) is 3.47. The van der Waals surface area contributed by atoms with Gasteiger partial charge in [-0.1, -0.05) is 48.1 Å². The molecule has 1 N–H and O–H groups in total. The van der Waals surface area contributed by atoms with Gasteiger partial charge in [-0.25, -0.2) is 9.69 Å². The Morgan fingerprint density at radius 1 is 1.00 bits per heavy atom. The Morgan fingerprint density at radius 2 is 1.63 bits per heavy atom. The summed E-state index contributed by atoms with van der Waals surface area (Å²) < 4.78 is 5.16. The molecular weight excluding hydrogens is 451 g/mol. The summed E-state index contributed by atoms with van der Waals surface area (Å²) in [5, 5.41) is 3.12. The maximum atomic E-state index is 12.8. The van der Waals surface area contributed by atoms with E-state index in [1.807, 2.05) is 6.92 Å². The second-order valence-corrected chi connectivity index (χ2v) is 7.71. The van der Waals surface area contributed by atoms with Gasteiger partial charge < -0.3 is 10.1 Å². The van der Waals surface area contributed by atoms with Crippen molar-refractivity contribution in [3.63, 3.8) is 0 Å². The molecule has 2 aromatic rings. The van der Waals surface area contributed by atoms with Gasteiger partial charge in [0.1, 0.15) is 10.7 Å². The van der Waals surface area contributed by atoms with E-state index in [9.17, 15) is 14.4 Å². The average molecular weight is 468 g/mol. The van der Waals surface area contributed by atoms with Crippen molar-refractivity contribution in [2.75, 3.05) is 16.8 Å². The third-order valence-electron chi connectivity index (χ3n) is 4.25. The molecule has 1 heterocycles. The molecule has 1 aliphatic rings. The lowest BCUT2D eigenvalue weighted by Crippen LogP contribution is -2.32. The van der Waals surface area contributed by atoms with Crippen molar-refractivity contribution in [1.82, 2.24) is 0 Å². The molecule has 0 saturated carbocycles. The molecule has 156 valence electrons. The fraction of sp³-hybridized carbons (Fsp3) is 0.190. The van der Waals surface area contributed by atoms with Crippen LogP contribution >= 0.6 is 34.8 Å². The van der Waals surface area contributed by atoms with E-state index in [1.54, 1.807) is 24.3 Å². The molecule has 0 saturated heterocycles. The lowest BCUT2D eigenvalue weighted by Gasteiger charge is -2.16. The molecule has 0 aliphatic carbocycles. The second kappa shape index (κ2) is 9.51. The first-order chi connectivity index (χ1) is 14.3. The Kier molecular flexibility index (Phi) is 7.02. The molecule has 0 spiro atoms. The highest BCUT2D eigenvalue weighted by molar-refractivity contribution is 6.53. The average Bonchev–Trinajstić information content (AvgIpc) is 2.91. The van der Waals surface area contributed by atoms with Gasteiger partial charge >= 0.3 is 5.97 Å². The van der Waals surface area contributed by atoms with Gasteiger partial charge in [0.25, 0.3) is 11.8 Å². The molecule has 30 heavy (non-hydrogen) atoms. The SMILES string of the molecule is CCCCOC(=O)c1ccc(NC2=C(Cl)C(=O)N(c3cc(Cl)cc(Cl)c3)C2=O)cc1. The normalized spacial score (nSPS) is 13.8. The van der Waals surface area contributed by atoms with E-state index in [0.717, 1.165) is 17.7 Å². The third kappa shape index (κ3) is 4.78. The van der Waals surface area contributed by atoms with Crippen molar-refractivity contribution in [2.45, 2.75) is 19.8 Å². The highest BCUT2D eigenvalue weighted by Gasteiger charge is 2.39. The molecule has 2 aromatic carbocycles. The zero-order valence-corrected chi connectivity index (χ0v) is 18.1. The molecule has 0 fully saturated rings. The van der Waals surface area contributed by atoms with Gasteiger partial charge in [-0.05, 0) is 48.9 Å². The number of carbonyl (C=O) groups excluding carboxylic acids is 3. The van der Waals surface area contributed by atoms with Gasteiger partial charge in [-0.3, -0.25) is 9.59 Å². The van der Waals surface area contributed by atoms with Crippen LogP contribution in [0.1, 0.15) is 30.1 Å². The summed E-state index contributed by atoms with van der Waals surface area (Å²) in [7, 11) is 0. The minimum Gasteiger partial charge on any atom is -0.462 e. The molecule has 0 unspecified atom stereocenters. The number of nitrogens with zero attached hydrogens (tertiary/aromatic N) is 1. The predicted octanol–water partition coefficient (Wildman–Crippen LogP) is 5.39. The van der Waals surface area contributed by atoms with Gasteiger partial charge in [-0.2, -0.15) is 0 Å². The monoisotopic (exact) mass is 466 g/mol. The lowest BCUT2D eigenvalue weighted by atomic mass is 10.2. The first kappa shape index (κ1) is 22.2. The van der Waals surface area contributed by atoms with Crippen molar-refractivity contribution in [1.29, 1.82) is 0 Å². The largest absolute Gasteiger partial charge is 0.462 e. The van der Waals surface area contributed by atoms with E-state index < -0.39 is 17.8 Å². The maximum Gasteiger partial charge on any atom is 0.338 e. The smallest absolute Gasteiger partial charge is 0.338 e. The maximum absolute atomic E-state index is 12.8. The molecule has 1 aliphatic heterocycles. The van der Waals surface area contributed by atoms with Gasteiger partial charge in [0.2, 0.25) is 0 Å². The Balaban J connectivity index is 1.75. The summed E-state index contributed by atoms with van der Waals surface area (Å²) in [6, 6.07) is 10.7. The quantitative estimate of drug-likeness (QED) is 0.336. The molecule has 0 radical (unpaired) electrons. The standard InChI is InChI=1S/C21H17Cl3N2O4/c1-2-3-8-30-21(29)12-4-6-15(7-5-12)25-18-17(24)19(27)26(20(18)28)16-10-13(22)9-14(23)11-16/h4-7,9-11,25H,2-3,8H2,1H3. The van der Waals surface area contributed by atoms with Crippen LogP contribution in [0.25, 0.3) is 0 Å². The minimum absolute atomic E-state index is 0.0870. The number of halogens is 3. The first-order valence-corrected chi connectivity index (χ1v) is 10.2. The Hall–Kier alpha value is -2.54. The number of amides is 2. The van der Waals surface area contributed by atoms with Crippen LogP contribution in [0.3, 0.4) is 0 Å². The minimum atomic E-state index is -0.696. The highest BCUT2D eigenvalue weighted by Crippen LogP contribution is 2.33. The number of anilines is 2. The van der Waals surface area contributed by atoms with E-state index in [2.05, 4.69) is 5.32 Å². The molecule has 0 atom stereocenters. The van der Waals surface area contributed by atoms with E-state index in [-0.39, 0.29) is 26.5 Å². The van der Waals surface area contributed by atoms with Crippen molar-refractivity contribution in [3.8, 4) is 0 Å². The first-order valence-electron chi connectivity index (χ1n) is 9.10. The number of hydrogen-bond acceptors (Lipinski definition) is 5. The Labute approximate surface area is 188 Å². The van der Waals surface area contributed by atoms with Gasteiger partial charge in [0.15, 0.2) is 0 Å². The van der Waals surface area contributed by atoms with Crippen molar-refractivity contribution >= 4 is 64.0 Å². The summed E-state index contributed by atoms with van der Waals surface area (Å²) in [5.74, 6) is -1.77. The molecular formula is C21H17Cl3N2O4. The number of nitrogens with one attached hydrogen (secondary N) is 1. The van der Waals surface area contributed by atoms with E-state index in [0.29, 0.717) is 17.9 Å². The number of esters is 1. The van der Waals surface area contributed by atoms with Crippen LogP contribution in [-0.2, 0) is 14.3 Å². The van der Waals surface area contributed by atoms with Crippen LogP contribution < -0.4 is 10.2 Å². The zero-order chi connectivity index (χ0) is 21.8. The summed E-state index contributed by atoms with van der Waals surface area (Å²) in [6.07, 6.45) is 1.72. The van der Waals surface area contributed by atoms with E-state index >= 15 is 0 Å². The Morgan fingerprint density at radius 3 is 2.23 bits per heavy atom. The summed E-state index contributed by atoms with van der Waals surface area (Å²) >= 11 is 18.1. The van der Waals surface area contributed by atoms with Crippen LogP contribution in [0.5, 0.6) is 0 Å². The molecule has 0 bridgehead atoms. The summed E-state index contributed by atoms with van der Waals surface area (Å²) in [4.78, 5) is 38.2. The second-order valence-electron chi connectivity index (χ2n) is 6.45. The third-order valence-corrected chi connectivity index (χ3v) is 5.04. The number of carbonyl (C=O) groups is 3. The van der Waals surface area contributed by atoms with Crippen LogP contribution in [0.15, 0.2) is 53.2 Å². The number of unbranched alkanes of at least 4 members (excludes halogenated alkanes) is 1. The Bertz CT molecular complexity index is 1010. The lowest BCUT2D eigenvalue weighted by molar-refractivity contribution is -0.120. The highest BCUT2D eigenvalue weighted by atomic mass is 35.5. The van der Waals surface area contributed by atoms with Crippen LogP contribution in [0.2, 0.25) is 10.0 Å². The van der Waals surface area contributed by atoms with Crippen molar-refractivity contribution < 1.29 is 19.1 Å². The van der Waals surface area contributed by atoms with Crippen molar-refractivity contribution in [2.24, 2.45) is 0 Å². The van der Waals surface area contributed by atoms with Gasteiger partial charge in [0, 0.05) is 15.7 Å². The van der Waals surface area contributed by atoms with Gasteiger partial charge in [0.05, 0.1) is 17.9 Å². The molecule has 0 aromatic heterocycles. The topological polar surface area (TPSA) is 75.7 Å². The van der Waals surface area contributed by atoms with E-state index in [1.165, 1.54) is 18.2 Å². The molecule has 6 nitrogen and oxygen atoms in total. The summed E-state index contributed by atoms with van der Waals surface area (Å²) in [5.41, 5.74) is 0.972. The van der Waals surface area contributed by atoms with Crippen LogP contribution in [0, 0.1) is 0 Å². The van der Waals surface area contributed by atoms with Crippen LogP contribution in [-0.4, -0.2) is 24.4 Å². The molecule has 2 amide bonds. The number of imide groups is 1.